The number of ether oxygens (including phenoxy) is 1. The zero-order valence-electron chi connectivity index (χ0n) is 16.5. The van der Waals surface area contributed by atoms with Crippen LogP contribution in [0.2, 0.25) is 0 Å². The molecule has 0 saturated heterocycles. The van der Waals surface area contributed by atoms with Gasteiger partial charge in [-0.25, -0.2) is 9.64 Å². The normalized spacial score (nSPS) is 18.5. The molecule has 1 saturated carbocycles. The number of nitrogens with zero attached hydrogens (tertiary/aromatic N) is 3. The summed E-state index contributed by atoms with van der Waals surface area (Å²) in [7, 11) is 3.55. The van der Waals surface area contributed by atoms with Gasteiger partial charge in [0.1, 0.15) is 5.75 Å². The van der Waals surface area contributed by atoms with Gasteiger partial charge in [0.25, 0.3) is 0 Å². The zero-order chi connectivity index (χ0) is 21.0. The summed E-state index contributed by atoms with van der Waals surface area (Å²) in [4.78, 5) is 32.7. The minimum absolute atomic E-state index is 0.0268. The van der Waals surface area contributed by atoms with E-state index in [-0.39, 0.29) is 23.5 Å². The number of pyridine rings is 1. The molecule has 1 heterocycles. The van der Waals surface area contributed by atoms with Crippen molar-refractivity contribution in [3.63, 3.8) is 0 Å². The van der Waals surface area contributed by atoms with Crippen molar-refractivity contribution in [1.82, 2.24) is 9.88 Å². The Kier molecular flexibility index (Phi) is 6.13. The number of aromatic nitrogens is 1. The Bertz CT molecular complexity index is 957. The first-order valence-corrected chi connectivity index (χ1v) is 9.48. The lowest BCUT2D eigenvalue weighted by Crippen LogP contribution is -2.34. The zero-order valence-corrected chi connectivity index (χ0v) is 16.5. The highest BCUT2D eigenvalue weighted by Gasteiger charge is 2.28. The molecular weight excluding hydrogens is 370 g/mol. The Hall–Kier alpha value is -3.40. The molecule has 1 amide bonds. The third kappa shape index (κ3) is 4.72. The summed E-state index contributed by atoms with van der Waals surface area (Å²) in [5, 5.41) is 9.15. The van der Waals surface area contributed by atoms with E-state index in [1.807, 2.05) is 0 Å². The molecule has 0 unspecified atom stereocenters. The van der Waals surface area contributed by atoms with E-state index < -0.39 is 5.97 Å². The highest BCUT2D eigenvalue weighted by atomic mass is 16.5. The largest absolute Gasteiger partial charge is 0.501 e. The lowest BCUT2D eigenvalue weighted by atomic mass is 9.86. The number of hydrogen-bond acceptors (Lipinski definition) is 4. The van der Waals surface area contributed by atoms with Crippen molar-refractivity contribution >= 4 is 17.6 Å². The van der Waals surface area contributed by atoms with Crippen molar-refractivity contribution in [3.8, 4) is 17.0 Å². The van der Waals surface area contributed by atoms with E-state index in [9.17, 15) is 9.59 Å². The standard InChI is InChI=1S/C22H23N3O4/c1-23-19-12-15(18-13-16(22(27)28)10-11-24-18)6-9-20(19)29-17-7-4-14(5-8-17)21(26)25(2)3/h6,9-14,17H,4-5,7-8H2,2-3H3,(H,27,28). The molecule has 2 aromatic rings. The molecule has 7 nitrogen and oxygen atoms in total. The molecule has 1 N–H and O–H groups in total. The van der Waals surface area contributed by atoms with Gasteiger partial charge in [-0.3, -0.25) is 9.78 Å². The van der Waals surface area contributed by atoms with E-state index in [2.05, 4.69) is 9.83 Å². The molecule has 0 bridgehead atoms. The Labute approximate surface area is 169 Å². The highest BCUT2D eigenvalue weighted by Crippen LogP contribution is 2.36. The van der Waals surface area contributed by atoms with Gasteiger partial charge in [0.2, 0.25) is 11.6 Å². The maximum Gasteiger partial charge on any atom is 0.335 e. The topological polar surface area (TPSA) is 84.1 Å². The lowest BCUT2D eigenvalue weighted by molar-refractivity contribution is -0.134. The molecule has 1 aliphatic carbocycles. The minimum Gasteiger partial charge on any atom is -0.501 e. The van der Waals surface area contributed by atoms with Crippen LogP contribution >= 0.6 is 0 Å². The van der Waals surface area contributed by atoms with Gasteiger partial charge in [-0.1, -0.05) is 6.07 Å². The second kappa shape index (κ2) is 8.74. The number of amides is 1. The molecule has 0 aliphatic heterocycles. The Morgan fingerprint density at radius 2 is 1.90 bits per heavy atom. The molecule has 0 spiro atoms. The summed E-state index contributed by atoms with van der Waals surface area (Å²) in [5.41, 5.74) is 1.65. The first-order chi connectivity index (χ1) is 13.9. The summed E-state index contributed by atoms with van der Waals surface area (Å²) in [6.07, 6.45) is 4.50. The van der Waals surface area contributed by atoms with Crippen LogP contribution in [-0.2, 0) is 4.79 Å². The van der Waals surface area contributed by atoms with Gasteiger partial charge in [-0.15, -0.1) is 0 Å². The van der Waals surface area contributed by atoms with Gasteiger partial charge < -0.3 is 14.7 Å². The van der Waals surface area contributed by atoms with Crippen LogP contribution in [0.1, 0.15) is 36.0 Å². The van der Waals surface area contributed by atoms with E-state index in [0.717, 1.165) is 25.7 Å². The molecule has 0 radical (unpaired) electrons. The number of hydrogen-bond donors (Lipinski definition) is 1. The monoisotopic (exact) mass is 393 g/mol. The maximum atomic E-state index is 12.1. The van der Waals surface area contributed by atoms with Crippen molar-refractivity contribution in [1.29, 1.82) is 0 Å². The van der Waals surface area contributed by atoms with Gasteiger partial charge in [0.05, 0.1) is 23.9 Å². The molecule has 1 aromatic carbocycles. The van der Waals surface area contributed by atoms with Crippen LogP contribution in [-0.4, -0.2) is 47.1 Å². The predicted molar refractivity (Wildman–Crippen MR) is 108 cm³/mol. The van der Waals surface area contributed by atoms with Crippen LogP contribution in [0.15, 0.2) is 36.5 Å². The molecule has 1 aromatic heterocycles. The minimum atomic E-state index is -1.03. The van der Waals surface area contributed by atoms with Crippen molar-refractivity contribution < 1.29 is 19.4 Å². The summed E-state index contributed by atoms with van der Waals surface area (Å²) in [5.74, 6) is -0.325. The molecule has 150 valence electrons. The first-order valence-electron chi connectivity index (χ1n) is 9.48. The average Bonchev–Trinajstić information content (AvgIpc) is 2.74. The Morgan fingerprint density at radius 3 is 2.52 bits per heavy atom. The number of carboxylic acids is 1. The predicted octanol–water partition coefficient (Wildman–Crippen LogP) is 4.02. The number of aromatic carboxylic acids is 1. The number of carboxylic acid groups (broad SMARTS) is 1. The smallest absolute Gasteiger partial charge is 0.335 e. The third-order valence-electron chi connectivity index (χ3n) is 5.14. The van der Waals surface area contributed by atoms with Crippen LogP contribution in [0.5, 0.6) is 5.75 Å². The van der Waals surface area contributed by atoms with Crippen molar-refractivity contribution in [2.24, 2.45) is 5.92 Å². The van der Waals surface area contributed by atoms with Gasteiger partial charge in [0.15, 0.2) is 0 Å². The van der Waals surface area contributed by atoms with E-state index in [4.69, 9.17) is 16.4 Å². The van der Waals surface area contributed by atoms with Gasteiger partial charge in [0, 0.05) is 26.2 Å². The van der Waals surface area contributed by atoms with Crippen LogP contribution in [0, 0.1) is 12.5 Å². The molecule has 1 fully saturated rings. The van der Waals surface area contributed by atoms with E-state index >= 15 is 0 Å². The second-order valence-corrected chi connectivity index (χ2v) is 7.35. The van der Waals surface area contributed by atoms with E-state index in [1.54, 1.807) is 37.2 Å². The SMILES string of the molecule is [C-]#[N+]c1cc(-c2cc(C(=O)O)ccn2)ccc1OC1CCC(C(=O)N(C)C)CC1. The van der Waals surface area contributed by atoms with Gasteiger partial charge in [-0.2, -0.15) is 0 Å². The third-order valence-corrected chi connectivity index (χ3v) is 5.14. The number of carbonyl (C=O) groups is 2. The van der Waals surface area contributed by atoms with Crippen LogP contribution in [0.3, 0.4) is 0 Å². The summed E-state index contributed by atoms with van der Waals surface area (Å²) < 4.78 is 6.07. The fourth-order valence-electron chi connectivity index (χ4n) is 3.56. The Morgan fingerprint density at radius 1 is 1.17 bits per heavy atom. The number of carbonyl (C=O) groups excluding carboxylic acids is 1. The number of benzene rings is 1. The molecular formula is C22H23N3O4. The quantitative estimate of drug-likeness (QED) is 0.776. The lowest BCUT2D eigenvalue weighted by Gasteiger charge is -2.30. The van der Waals surface area contributed by atoms with Crippen molar-refractivity contribution in [3.05, 3.63) is 53.5 Å². The van der Waals surface area contributed by atoms with Crippen LogP contribution in [0.4, 0.5) is 5.69 Å². The molecule has 1 aliphatic rings. The summed E-state index contributed by atoms with van der Waals surface area (Å²) >= 11 is 0. The number of rotatable bonds is 5. The molecule has 29 heavy (non-hydrogen) atoms. The first kappa shape index (κ1) is 20.3. The van der Waals surface area contributed by atoms with Gasteiger partial charge in [-0.05, 0) is 55.5 Å². The van der Waals surface area contributed by atoms with Crippen molar-refractivity contribution in [2.75, 3.05) is 14.1 Å². The highest BCUT2D eigenvalue weighted by molar-refractivity contribution is 5.89. The summed E-state index contributed by atoms with van der Waals surface area (Å²) in [6.45, 7) is 7.49. The van der Waals surface area contributed by atoms with Crippen LogP contribution in [0.25, 0.3) is 16.1 Å². The molecule has 0 atom stereocenters. The maximum absolute atomic E-state index is 12.1. The van der Waals surface area contributed by atoms with E-state index in [0.29, 0.717) is 22.7 Å². The average molecular weight is 393 g/mol. The van der Waals surface area contributed by atoms with Crippen LogP contribution < -0.4 is 4.74 Å². The molecule has 7 heteroatoms. The second-order valence-electron chi connectivity index (χ2n) is 7.35. The Balaban J connectivity index is 1.72. The van der Waals surface area contributed by atoms with E-state index in [1.165, 1.54) is 18.3 Å². The van der Waals surface area contributed by atoms with Gasteiger partial charge >= 0.3 is 5.97 Å². The molecule has 3 rings (SSSR count). The fraction of sp³-hybridized carbons (Fsp3) is 0.364. The van der Waals surface area contributed by atoms with Crippen molar-refractivity contribution in [2.45, 2.75) is 31.8 Å². The fourth-order valence-corrected chi connectivity index (χ4v) is 3.56. The summed E-state index contributed by atoms with van der Waals surface area (Å²) in [6, 6.07) is 8.08.